The molecular weight excluding hydrogens is 292 g/mol. The summed E-state index contributed by atoms with van der Waals surface area (Å²) in [7, 11) is 0. The molecule has 0 radical (unpaired) electrons. The molecule has 3 rings (SSSR count). The zero-order valence-electron chi connectivity index (χ0n) is 12.6. The second-order valence-corrected chi connectivity index (χ2v) is 4.77. The van der Waals surface area contributed by atoms with Gasteiger partial charge in [0.1, 0.15) is 0 Å². The lowest BCUT2D eigenvalue weighted by atomic mass is 10.3. The van der Waals surface area contributed by atoms with E-state index in [1.165, 1.54) is 4.68 Å². The van der Waals surface area contributed by atoms with Crippen molar-refractivity contribution in [3.63, 3.8) is 0 Å². The van der Waals surface area contributed by atoms with Gasteiger partial charge in [-0.05, 0) is 25.1 Å². The number of carbonyl (C=O) groups excluding carboxylic acids is 1. The second-order valence-electron chi connectivity index (χ2n) is 4.77. The summed E-state index contributed by atoms with van der Waals surface area (Å²) in [6.45, 7) is 2.02. The maximum absolute atomic E-state index is 12.2. The van der Waals surface area contributed by atoms with Crippen molar-refractivity contribution >= 4 is 28.4 Å². The van der Waals surface area contributed by atoms with Gasteiger partial charge in [-0.3, -0.25) is 5.43 Å². The number of nitrogens with zero attached hydrogens (tertiary/aromatic N) is 3. The fourth-order valence-corrected chi connectivity index (χ4v) is 2.09. The minimum Gasteiger partial charge on any atom is -0.460 e. The number of fused-ring (bicyclic) bond motifs is 1. The number of anilines is 1. The van der Waals surface area contributed by atoms with Crippen molar-refractivity contribution < 1.29 is 9.53 Å². The van der Waals surface area contributed by atoms with Crippen LogP contribution in [0.1, 0.15) is 6.92 Å². The molecular formula is C17H16N4O2. The first-order valence-electron chi connectivity index (χ1n) is 7.28. The van der Waals surface area contributed by atoms with E-state index in [9.17, 15) is 4.79 Å². The van der Waals surface area contributed by atoms with Crippen molar-refractivity contribution in [2.24, 2.45) is 5.10 Å². The minimum absolute atomic E-state index is 0.0758. The third-order valence-corrected chi connectivity index (χ3v) is 3.15. The van der Waals surface area contributed by atoms with E-state index in [1.807, 2.05) is 54.6 Å². The predicted molar refractivity (Wildman–Crippen MR) is 89.3 cm³/mol. The highest BCUT2D eigenvalue weighted by Crippen LogP contribution is 2.12. The van der Waals surface area contributed by atoms with Gasteiger partial charge in [-0.1, -0.05) is 36.4 Å². The van der Waals surface area contributed by atoms with Gasteiger partial charge in [-0.15, -0.1) is 5.10 Å². The van der Waals surface area contributed by atoms with Crippen LogP contribution in [-0.4, -0.2) is 28.2 Å². The summed E-state index contributed by atoms with van der Waals surface area (Å²) in [5, 5.41) is 9.46. The number of hydrazone groups is 1. The van der Waals surface area contributed by atoms with Gasteiger partial charge in [-0.2, -0.15) is 5.10 Å². The van der Waals surface area contributed by atoms with Crippen LogP contribution in [0.4, 0.5) is 5.69 Å². The number of para-hydroxylation sites is 1. The molecule has 0 saturated heterocycles. The molecule has 0 unspecified atom stereocenters. The van der Waals surface area contributed by atoms with Gasteiger partial charge in [0.2, 0.25) is 0 Å². The molecule has 0 fully saturated rings. The molecule has 0 bridgehead atoms. The molecule has 1 N–H and O–H groups in total. The standard InChI is InChI=1S/C17H16N4O2/c1-2-23-17(22)16(19-18-14-9-4-3-5-10-14)21-12-13-8-6-7-11-15(13)20-21/h3-12,18H,2H2,1H3/b19-16-. The van der Waals surface area contributed by atoms with Crippen LogP contribution in [0.15, 0.2) is 65.9 Å². The van der Waals surface area contributed by atoms with Crippen molar-refractivity contribution in [3.8, 4) is 0 Å². The highest BCUT2D eigenvalue weighted by Gasteiger charge is 2.17. The van der Waals surface area contributed by atoms with E-state index in [0.717, 1.165) is 16.6 Å². The molecule has 6 nitrogen and oxygen atoms in total. The molecule has 1 aromatic heterocycles. The molecule has 0 saturated carbocycles. The Morgan fingerprint density at radius 3 is 2.65 bits per heavy atom. The van der Waals surface area contributed by atoms with Crippen molar-refractivity contribution in [3.05, 3.63) is 60.8 Å². The van der Waals surface area contributed by atoms with E-state index in [2.05, 4.69) is 15.6 Å². The first-order chi connectivity index (χ1) is 11.3. The van der Waals surface area contributed by atoms with E-state index in [4.69, 9.17) is 4.74 Å². The fourth-order valence-electron chi connectivity index (χ4n) is 2.09. The van der Waals surface area contributed by atoms with Crippen LogP contribution < -0.4 is 5.43 Å². The Hall–Kier alpha value is -3.15. The van der Waals surface area contributed by atoms with E-state index < -0.39 is 5.97 Å². The molecule has 0 atom stereocenters. The molecule has 2 aromatic carbocycles. The van der Waals surface area contributed by atoms with Gasteiger partial charge in [0.25, 0.3) is 5.84 Å². The lowest BCUT2D eigenvalue weighted by molar-refractivity contribution is -0.135. The van der Waals surface area contributed by atoms with E-state index in [-0.39, 0.29) is 12.4 Å². The number of ether oxygens (including phenoxy) is 1. The summed E-state index contributed by atoms with van der Waals surface area (Å²) in [6.07, 6.45) is 1.75. The van der Waals surface area contributed by atoms with Crippen LogP contribution in [0, 0.1) is 0 Å². The maximum Gasteiger partial charge on any atom is 0.378 e. The number of rotatable bonds is 3. The summed E-state index contributed by atoms with van der Waals surface area (Å²) >= 11 is 0. The Morgan fingerprint density at radius 1 is 1.17 bits per heavy atom. The number of nitrogens with one attached hydrogen (secondary N) is 1. The molecule has 1 heterocycles. The van der Waals surface area contributed by atoms with Crippen LogP contribution in [0.5, 0.6) is 0 Å². The van der Waals surface area contributed by atoms with Crippen LogP contribution in [-0.2, 0) is 9.53 Å². The molecule has 0 aliphatic heterocycles. The van der Waals surface area contributed by atoms with Crippen LogP contribution in [0.2, 0.25) is 0 Å². The number of esters is 1. The smallest absolute Gasteiger partial charge is 0.378 e. The molecule has 0 aliphatic rings. The Kier molecular flexibility index (Phi) is 4.33. The van der Waals surface area contributed by atoms with Crippen LogP contribution in [0.25, 0.3) is 10.9 Å². The van der Waals surface area contributed by atoms with Crippen LogP contribution >= 0.6 is 0 Å². The van der Waals surface area contributed by atoms with E-state index >= 15 is 0 Å². The van der Waals surface area contributed by atoms with Gasteiger partial charge in [0.05, 0.1) is 17.8 Å². The molecule has 116 valence electrons. The SMILES string of the molecule is CCOC(=O)/C(=N/Nc1ccccc1)n1cc2ccccc2n1. The lowest BCUT2D eigenvalue weighted by Gasteiger charge is -2.06. The second kappa shape index (κ2) is 6.74. The summed E-state index contributed by atoms with van der Waals surface area (Å²) in [6, 6.07) is 17.0. The average molecular weight is 308 g/mol. The highest BCUT2D eigenvalue weighted by atomic mass is 16.5. The number of hydrogen-bond donors (Lipinski definition) is 1. The number of hydrogen-bond acceptors (Lipinski definition) is 5. The zero-order chi connectivity index (χ0) is 16.1. The topological polar surface area (TPSA) is 68.5 Å². The molecule has 6 heteroatoms. The Labute approximate surface area is 133 Å². The lowest BCUT2D eigenvalue weighted by Crippen LogP contribution is -2.27. The van der Waals surface area contributed by atoms with Gasteiger partial charge >= 0.3 is 5.97 Å². The van der Waals surface area contributed by atoms with Gasteiger partial charge in [0, 0.05) is 11.6 Å². The summed E-state index contributed by atoms with van der Waals surface area (Å²) in [4.78, 5) is 12.2. The molecule has 0 aliphatic carbocycles. The minimum atomic E-state index is -0.538. The molecule has 0 spiro atoms. The molecule has 3 aromatic rings. The van der Waals surface area contributed by atoms with Gasteiger partial charge in [0.15, 0.2) is 0 Å². The fraction of sp³-hybridized carbons (Fsp3) is 0.118. The molecule has 23 heavy (non-hydrogen) atoms. The summed E-state index contributed by atoms with van der Waals surface area (Å²) in [5.41, 5.74) is 4.40. The van der Waals surface area contributed by atoms with E-state index in [0.29, 0.717) is 0 Å². The summed E-state index contributed by atoms with van der Waals surface area (Å²) < 4.78 is 6.50. The normalized spacial score (nSPS) is 11.4. The predicted octanol–water partition coefficient (Wildman–Crippen LogP) is 2.87. The van der Waals surface area contributed by atoms with Gasteiger partial charge < -0.3 is 4.74 Å². The maximum atomic E-state index is 12.2. The monoisotopic (exact) mass is 308 g/mol. The number of aromatic nitrogens is 2. The van der Waals surface area contributed by atoms with Crippen LogP contribution in [0.3, 0.4) is 0 Å². The number of benzene rings is 2. The average Bonchev–Trinajstić information content (AvgIpc) is 3.00. The third kappa shape index (κ3) is 3.37. The highest BCUT2D eigenvalue weighted by molar-refractivity contribution is 6.36. The number of carbonyl (C=O) groups is 1. The summed E-state index contributed by atoms with van der Waals surface area (Å²) in [5.74, 6) is -0.462. The van der Waals surface area contributed by atoms with Gasteiger partial charge in [-0.25, -0.2) is 9.48 Å². The Morgan fingerprint density at radius 2 is 1.91 bits per heavy atom. The largest absolute Gasteiger partial charge is 0.460 e. The Balaban J connectivity index is 1.96. The Bertz CT molecular complexity index is 807. The first kappa shape index (κ1) is 14.8. The molecule has 0 amide bonds. The van der Waals surface area contributed by atoms with E-state index in [1.54, 1.807) is 13.1 Å². The van der Waals surface area contributed by atoms with Crippen molar-refractivity contribution in [1.29, 1.82) is 0 Å². The zero-order valence-corrected chi connectivity index (χ0v) is 12.6. The van der Waals surface area contributed by atoms with Crippen molar-refractivity contribution in [2.45, 2.75) is 6.92 Å². The quantitative estimate of drug-likeness (QED) is 0.350. The third-order valence-electron chi connectivity index (χ3n) is 3.15. The first-order valence-corrected chi connectivity index (χ1v) is 7.28. The van der Waals surface area contributed by atoms with Crippen molar-refractivity contribution in [1.82, 2.24) is 9.78 Å². The van der Waals surface area contributed by atoms with Crippen molar-refractivity contribution in [2.75, 3.05) is 12.0 Å².